The Morgan fingerprint density at radius 2 is 1.80 bits per heavy atom. The minimum Gasteiger partial charge on any atom is -0.477 e. The van der Waals surface area contributed by atoms with E-state index in [1.165, 1.54) is 0 Å². The smallest absolute Gasteiger partial charge is 0.354 e. The fourth-order valence-electron chi connectivity index (χ4n) is 4.15. The molecule has 5 rings (SSSR count). The molecule has 3 aromatic rings. The highest BCUT2D eigenvalue weighted by atomic mass is 32.2. The SMILES string of the molecule is O=C(O)c1cc(N2CCS(=O)(=O)CC2)c2c(C3CCC3)nn(-c3ccccc3)c2n1. The Hall–Kier alpha value is -2.94. The van der Waals surface area contributed by atoms with Gasteiger partial charge in [0.25, 0.3) is 0 Å². The number of hydrogen-bond donors (Lipinski definition) is 1. The number of hydrogen-bond acceptors (Lipinski definition) is 6. The molecule has 2 aromatic heterocycles. The number of carboxylic acids is 1. The van der Waals surface area contributed by atoms with E-state index in [1.807, 2.05) is 35.2 Å². The van der Waals surface area contributed by atoms with Gasteiger partial charge in [-0.15, -0.1) is 0 Å². The lowest BCUT2D eigenvalue weighted by Gasteiger charge is -2.30. The number of carbonyl (C=O) groups is 1. The van der Waals surface area contributed by atoms with Crippen LogP contribution in [-0.2, 0) is 9.84 Å². The van der Waals surface area contributed by atoms with E-state index in [-0.39, 0.29) is 17.2 Å². The summed E-state index contributed by atoms with van der Waals surface area (Å²) in [7, 11) is -3.06. The number of carboxylic acid groups (broad SMARTS) is 1. The zero-order chi connectivity index (χ0) is 20.9. The van der Waals surface area contributed by atoms with Gasteiger partial charge in [0.15, 0.2) is 21.2 Å². The predicted molar refractivity (Wildman–Crippen MR) is 113 cm³/mol. The van der Waals surface area contributed by atoms with Gasteiger partial charge in [0, 0.05) is 19.0 Å². The zero-order valence-corrected chi connectivity index (χ0v) is 17.2. The lowest BCUT2D eigenvalue weighted by atomic mass is 9.82. The molecule has 0 unspecified atom stereocenters. The molecule has 0 bridgehead atoms. The molecule has 30 heavy (non-hydrogen) atoms. The minimum atomic E-state index is -3.06. The lowest BCUT2D eigenvalue weighted by molar-refractivity contribution is 0.0691. The maximum atomic E-state index is 11.9. The Balaban J connectivity index is 1.76. The molecule has 0 atom stereocenters. The first-order valence-corrected chi connectivity index (χ1v) is 11.9. The number of para-hydroxylation sites is 1. The van der Waals surface area contributed by atoms with E-state index in [0.717, 1.165) is 41.7 Å². The van der Waals surface area contributed by atoms with E-state index in [2.05, 4.69) is 4.98 Å². The first-order valence-electron chi connectivity index (χ1n) is 10.1. The van der Waals surface area contributed by atoms with Crippen LogP contribution in [0.4, 0.5) is 5.69 Å². The summed E-state index contributed by atoms with van der Waals surface area (Å²) >= 11 is 0. The maximum Gasteiger partial charge on any atom is 0.354 e. The third-order valence-corrected chi connectivity index (χ3v) is 7.65. The van der Waals surface area contributed by atoms with Gasteiger partial charge in [-0.2, -0.15) is 5.10 Å². The molecular formula is C21H22N4O4S. The van der Waals surface area contributed by atoms with Gasteiger partial charge in [-0.05, 0) is 31.0 Å². The molecule has 9 heteroatoms. The van der Waals surface area contributed by atoms with Crippen molar-refractivity contribution in [3.63, 3.8) is 0 Å². The van der Waals surface area contributed by atoms with E-state index in [9.17, 15) is 18.3 Å². The summed E-state index contributed by atoms with van der Waals surface area (Å²) in [5.41, 5.74) is 2.90. The van der Waals surface area contributed by atoms with Crippen molar-refractivity contribution in [2.75, 3.05) is 29.5 Å². The van der Waals surface area contributed by atoms with Crippen molar-refractivity contribution in [1.29, 1.82) is 0 Å². The number of sulfone groups is 1. The molecular weight excluding hydrogens is 404 g/mol. The number of nitrogens with zero attached hydrogens (tertiary/aromatic N) is 4. The highest BCUT2D eigenvalue weighted by molar-refractivity contribution is 7.91. The van der Waals surface area contributed by atoms with Crippen LogP contribution >= 0.6 is 0 Å². The van der Waals surface area contributed by atoms with Gasteiger partial charge < -0.3 is 10.0 Å². The quantitative estimate of drug-likeness (QED) is 0.684. The average Bonchev–Trinajstić information content (AvgIpc) is 3.06. The summed E-state index contributed by atoms with van der Waals surface area (Å²) in [5, 5.41) is 15.4. The van der Waals surface area contributed by atoms with Gasteiger partial charge in [-0.1, -0.05) is 24.6 Å². The zero-order valence-electron chi connectivity index (χ0n) is 16.4. The second-order valence-corrected chi connectivity index (χ2v) is 10.2. The fraction of sp³-hybridized carbons (Fsp3) is 0.381. The highest BCUT2D eigenvalue weighted by Gasteiger charge is 2.31. The number of anilines is 1. The second kappa shape index (κ2) is 7.09. The predicted octanol–water partition coefficient (Wildman–Crippen LogP) is 2.62. The molecule has 156 valence electrons. The molecule has 0 radical (unpaired) electrons. The number of pyridine rings is 1. The van der Waals surface area contributed by atoms with Gasteiger partial charge in [-0.25, -0.2) is 22.9 Å². The van der Waals surface area contributed by atoms with E-state index in [1.54, 1.807) is 10.7 Å². The molecule has 0 spiro atoms. The molecule has 1 aliphatic carbocycles. The summed E-state index contributed by atoms with van der Waals surface area (Å²) in [6.07, 6.45) is 3.22. The van der Waals surface area contributed by atoms with Gasteiger partial charge >= 0.3 is 5.97 Å². The molecule has 2 fully saturated rings. The average molecular weight is 426 g/mol. The summed E-state index contributed by atoms with van der Waals surface area (Å²) in [6, 6.07) is 11.1. The number of fused-ring (bicyclic) bond motifs is 1. The summed E-state index contributed by atoms with van der Waals surface area (Å²) in [6.45, 7) is 0.669. The molecule has 3 heterocycles. The van der Waals surface area contributed by atoms with Crippen LogP contribution in [0, 0.1) is 0 Å². The van der Waals surface area contributed by atoms with E-state index in [0.29, 0.717) is 24.7 Å². The summed E-state index contributed by atoms with van der Waals surface area (Å²) < 4.78 is 25.6. The number of aromatic carboxylic acids is 1. The third-order valence-electron chi connectivity index (χ3n) is 6.04. The Labute approximate surface area is 174 Å². The second-order valence-electron chi connectivity index (χ2n) is 7.93. The Bertz CT molecular complexity index is 1220. The monoisotopic (exact) mass is 426 g/mol. The van der Waals surface area contributed by atoms with Crippen molar-refractivity contribution >= 4 is 32.5 Å². The van der Waals surface area contributed by atoms with Crippen molar-refractivity contribution < 1.29 is 18.3 Å². The first-order chi connectivity index (χ1) is 14.4. The molecule has 8 nitrogen and oxygen atoms in total. The fourth-order valence-corrected chi connectivity index (χ4v) is 5.35. The van der Waals surface area contributed by atoms with Crippen LogP contribution in [0.5, 0.6) is 0 Å². The molecule has 1 aromatic carbocycles. The molecule has 0 amide bonds. The van der Waals surface area contributed by atoms with Crippen LogP contribution in [0.25, 0.3) is 16.7 Å². The normalized spacial score (nSPS) is 19.0. The summed E-state index contributed by atoms with van der Waals surface area (Å²) in [4.78, 5) is 18.3. The van der Waals surface area contributed by atoms with Gasteiger partial charge in [0.1, 0.15) is 0 Å². The lowest BCUT2D eigenvalue weighted by Crippen LogP contribution is -2.40. The Morgan fingerprint density at radius 1 is 1.10 bits per heavy atom. The summed E-state index contributed by atoms with van der Waals surface area (Å²) in [5.74, 6) is -0.689. The van der Waals surface area contributed by atoms with Gasteiger partial charge in [0.2, 0.25) is 0 Å². The van der Waals surface area contributed by atoms with Crippen LogP contribution in [0.15, 0.2) is 36.4 Å². The van der Waals surface area contributed by atoms with Crippen molar-refractivity contribution in [1.82, 2.24) is 14.8 Å². The van der Waals surface area contributed by atoms with Crippen molar-refractivity contribution in [3.8, 4) is 5.69 Å². The molecule has 1 aliphatic heterocycles. The van der Waals surface area contributed by atoms with E-state index >= 15 is 0 Å². The molecule has 1 saturated heterocycles. The number of rotatable bonds is 4. The third kappa shape index (κ3) is 3.23. The van der Waals surface area contributed by atoms with E-state index in [4.69, 9.17) is 5.10 Å². The maximum absolute atomic E-state index is 11.9. The van der Waals surface area contributed by atoms with Crippen LogP contribution in [0.1, 0.15) is 41.4 Å². The number of aromatic nitrogens is 3. The largest absolute Gasteiger partial charge is 0.477 e. The van der Waals surface area contributed by atoms with Gasteiger partial charge in [0.05, 0.1) is 34.0 Å². The highest BCUT2D eigenvalue weighted by Crippen LogP contribution is 2.42. The van der Waals surface area contributed by atoms with Crippen LogP contribution < -0.4 is 4.90 Å². The molecule has 2 aliphatic rings. The topological polar surface area (TPSA) is 105 Å². The van der Waals surface area contributed by atoms with Crippen LogP contribution in [0.2, 0.25) is 0 Å². The number of benzene rings is 1. The van der Waals surface area contributed by atoms with Crippen LogP contribution in [0.3, 0.4) is 0 Å². The minimum absolute atomic E-state index is 0.0603. The Kier molecular flexibility index (Phi) is 4.50. The van der Waals surface area contributed by atoms with Crippen molar-refractivity contribution in [3.05, 3.63) is 47.8 Å². The first kappa shape index (κ1) is 19.0. The van der Waals surface area contributed by atoms with Crippen molar-refractivity contribution in [2.45, 2.75) is 25.2 Å². The molecule has 1 N–H and O–H groups in total. The standard InChI is InChI=1S/C21H22N4O4S/c26-21(27)16-13-17(24-9-11-30(28,29)12-10-24)18-19(14-5-4-6-14)23-25(20(18)22-16)15-7-2-1-3-8-15/h1-3,7-8,13-14H,4-6,9-12H2,(H,26,27). The van der Waals surface area contributed by atoms with E-state index < -0.39 is 15.8 Å². The molecule has 1 saturated carbocycles. The van der Waals surface area contributed by atoms with Crippen molar-refractivity contribution in [2.24, 2.45) is 0 Å². The van der Waals surface area contributed by atoms with Crippen LogP contribution in [-0.4, -0.2) is 58.9 Å². The Morgan fingerprint density at radius 3 is 2.40 bits per heavy atom. The van der Waals surface area contributed by atoms with Gasteiger partial charge in [-0.3, -0.25) is 0 Å².